The highest BCUT2D eigenvalue weighted by Gasteiger charge is 2.56. The minimum Gasteiger partial charge on any atom is -0.462 e. The molecule has 0 radical (unpaired) electrons. The van der Waals surface area contributed by atoms with E-state index in [0.717, 1.165) is 38.5 Å². The van der Waals surface area contributed by atoms with Crippen LogP contribution in [0.15, 0.2) is 47.1 Å². The molecule has 34 heavy (non-hydrogen) atoms. The Labute approximate surface area is 203 Å². The number of terminal acetylenes is 1. The Kier molecular flexibility index (Phi) is 7.14. The maximum absolute atomic E-state index is 12.1. The Hall–Kier alpha value is -2.64. The molecule has 1 N–H and O–H groups in total. The third-order valence-electron chi connectivity index (χ3n) is 8.51. The number of hydrogen-bond donors (Lipinski definition) is 1. The summed E-state index contributed by atoms with van der Waals surface area (Å²) in [5.74, 6) is 3.43. The van der Waals surface area contributed by atoms with Gasteiger partial charge in [-0.3, -0.25) is 4.79 Å². The van der Waals surface area contributed by atoms with E-state index in [2.05, 4.69) is 31.4 Å². The number of allylic oxidation sites excluding steroid dienone is 4. The number of esters is 1. The lowest BCUT2D eigenvalue weighted by molar-refractivity contribution is -0.114. The van der Waals surface area contributed by atoms with Crippen molar-refractivity contribution in [2.75, 3.05) is 6.61 Å². The van der Waals surface area contributed by atoms with Crippen LogP contribution in [0, 0.1) is 29.6 Å². The van der Waals surface area contributed by atoms with E-state index in [1.165, 1.54) is 22.3 Å². The van der Waals surface area contributed by atoms with Crippen molar-refractivity contribution in [2.45, 2.75) is 77.7 Å². The van der Waals surface area contributed by atoms with Crippen molar-refractivity contribution < 1.29 is 19.4 Å². The molecule has 5 atom stereocenters. The minimum absolute atomic E-state index is 0.0785. The van der Waals surface area contributed by atoms with Crippen molar-refractivity contribution in [3.05, 3.63) is 58.2 Å². The first-order chi connectivity index (χ1) is 16.3. The zero-order chi connectivity index (χ0) is 24.5. The van der Waals surface area contributed by atoms with Crippen LogP contribution < -0.4 is 0 Å². The highest BCUT2D eigenvalue weighted by molar-refractivity contribution is 5.93. The van der Waals surface area contributed by atoms with E-state index >= 15 is 0 Å². The molecular weight excluding hydrogens is 424 g/mol. The van der Waals surface area contributed by atoms with Crippen molar-refractivity contribution in [1.29, 1.82) is 0 Å². The Morgan fingerprint density at radius 1 is 1.18 bits per heavy atom. The third kappa shape index (κ3) is 4.27. The lowest BCUT2D eigenvalue weighted by atomic mass is 9.53. The molecule has 4 heteroatoms. The highest BCUT2D eigenvalue weighted by Crippen LogP contribution is 2.63. The summed E-state index contributed by atoms with van der Waals surface area (Å²) in [6.07, 6.45) is 12.6. The summed E-state index contributed by atoms with van der Waals surface area (Å²) < 4.78 is 5.15. The monoisotopic (exact) mass is 460 g/mol. The molecule has 4 aliphatic rings. The van der Waals surface area contributed by atoms with Gasteiger partial charge in [-0.05, 0) is 105 Å². The molecule has 0 saturated heterocycles. The van der Waals surface area contributed by atoms with Crippen molar-refractivity contribution in [1.82, 2.24) is 0 Å². The molecule has 0 spiro atoms. The zero-order valence-electron chi connectivity index (χ0n) is 20.6. The van der Waals surface area contributed by atoms with Crippen LogP contribution in [0.3, 0.4) is 0 Å². The smallest absolute Gasteiger partial charge is 0.338 e. The van der Waals surface area contributed by atoms with Crippen molar-refractivity contribution >= 4 is 11.8 Å². The van der Waals surface area contributed by atoms with Gasteiger partial charge in [0.25, 0.3) is 0 Å². The predicted octanol–water partition coefficient (Wildman–Crippen LogP) is 5.76. The van der Waals surface area contributed by atoms with E-state index in [4.69, 9.17) is 4.74 Å². The minimum atomic E-state index is -0.287. The summed E-state index contributed by atoms with van der Waals surface area (Å²) in [6, 6.07) is 7.88. The van der Waals surface area contributed by atoms with Gasteiger partial charge in [0, 0.05) is 12.3 Å². The number of benzene rings is 1. The van der Waals surface area contributed by atoms with Crippen LogP contribution in [0.2, 0.25) is 0 Å². The van der Waals surface area contributed by atoms with E-state index in [9.17, 15) is 14.7 Å². The van der Waals surface area contributed by atoms with Gasteiger partial charge < -0.3 is 9.84 Å². The fourth-order valence-corrected chi connectivity index (χ4v) is 7.00. The molecule has 4 nitrogen and oxygen atoms in total. The maximum atomic E-state index is 12.1. The molecule has 1 aromatic rings. The summed E-state index contributed by atoms with van der Waals surface area (Å²) in [7, 11) is 0. The van der Waals surface area contributed by atoms with E-state index in [0.29, 0.717) is 30.4 Å². The summed E-state index contributed by atoms with van der Waals surface area (Å²) in [4.78, 5) is 24.2. The second kappa shape index (κ2) is 9.92. The average molecular weight is 461 g/mol. The molecule has 180 valence electrons. The van der Waals surface area contributed by atoms with Crippen molar-refractivity contribution in [2.24, 2.45) is 17.3 Å². The van der Waals surface area contributed by atoms with Gasteiger partial charge in [0.1, 0.15) is 0 Å². The van der Waals surface area contributed by atoms with E-state index in [-0.39, 0.29) is 29.2 Å². The van der Waals surface area contributed by atoms with Crippen LogP contribution in [0.4, 0.5) is 0 Å². The summed E-state index contributed by atoms with van der Waals surface area (Å²) in [5.41, 5.74) is 5.89. The van der Waals surface area contributed by atoms with E-state index < -0.39 is 0 Å². The molecule has 0 aromatic heterocycles. The second-order valence-corrected chi connectivity index (χ2v) is 10.3. The van der Waals surface area contributed by atoms with Crippen LogP contribution in [0.25, 0.3) is 0 Å². The number of ketones is 1. The predicted molar refractivity (Wildman–Crippen MR) is 133 cm³/mol. The number of hydrogen-bond acceptors (Lipinski definition) is 4. The van der Waals surface area contributed by atoms with Crippen LogP contribution in [0.1, 0.15) is 87.6 Å². The first-order valence-electron chi connectivity index (χ1n) is 12.6. The SMILES string of the molecule is C#CC.CCOC(=O)c1ccc(C2CC3(C)C(O)CCC3C3CCC4=CC(=O)CCC4=C23)cc1. The molecule has 0 heterocycles. The Morgan fingerprint density at radius 2 is 1.88 bits per heavy atom. The van der Waals surface area contributed by atoms with Gasteiger partial charge in [0.05, 0.1) is 18.3 Å². The van der Waals surface area contributed by atoms with Crippen LogP contribution in [0.5, 0.6) is 0 Å². The fraction of sp³-hybridized carbons (Fsp3) is 0.533. The standard InChI is InChI=1S/C27H32O4.C3H4/c1-3-31-26(30)17-6-4-16(5-7-17)22-15-27(2)23(12-13-24(27)29)21-10-8-18-14-19(28)9-11-20(18)25(21)22;1-3-2/h4-7,14,21-24,29H,3,8-13,15H2,1-2H3;1H,2H3. The van der Waals surface area contributed by atoms with Gasteiger partial charge >= 0.3 is 5.97 Å². The summed E-state index contributed by atoms with van der Waals surface area (Å²) >= 11 is 0. The van der Waals surface area contributed by atoms with Crippen molar-refractivity contribution in [3.8, 4) is 12.3 Å². The lowest BCUT2D eigenvalue weighted by Gasteiger charge is -2.52. The lowest BCUT2D eigenvalue weighted by Crippen LogP contribution is -2.45. The maximum Gasteiger partial charge on any atom is 0.338 e. The Bertz CT molecular complexity index is 1050. The molecular formula is C30H36O4. The Balaban J connectivity index is 0.000000868. The first kappa shape index (κ1) is 24.5. The quantitative estimate of drug-likeness (QED) is 0.460. The van der Waals surface area contributed by atoms with Gasteiger partial charge in [0.2, 0.25) is 0 Å². The highest BCUT2D eigenvalue weighted by atomic mass is 16.5. The fourth-order valence-electron chi connectivity index (χ4n) is 7.00. The van der Waals surface area contributed by atoms with Crippen molar-refractivity contribution in [3.63, 3.8) is 0 Å². The molecule has 1 aromatic carbocycles. The number of ether oxygens (including phenoxy) is 1. The van der Waals surface area contributed by atoms with Gasteiger partial charge in [0.15, 0.2) is 5.78 Å². The molecule has 0 amide bonds. The molecule has 5 unspecified atom stereocenters. The third-order valence-corrected chi connectivity index (χ3v) is 8.51. The molecule has 2 fully saturated rings. The van der Waals surface area contributed by atoms with Crippen LogP contribution in [-0.4, -0.2) is 29.6 Å². The molecule has 2 saturated carbocycles. The van der Waals surface area contributed by atoms with E-state index in [1.807, 2.05) is 25.1 Å². The Morgan fingerprint density at radius 3 is 2.56 bits per heavy atom. The van der Waals surface area contributed by atoms with Crippen LogP contribution in [-0.2, 0) is 9.53 Å². The number of fused-ring (bicyclic) bond motifs is 4. The van der Waals surface area contributed by atoms with Gasteiger partial charge in [-0.15, -0.1) is 12.3 Å². The van der Waals surface area contributed by atoms with E-state index in [1.54, 1.807) is 6.92 Å². The topological polar surface area (TPSA) is 63.6 Å². The number of carbonyl (C=O) groups excluding carboxylic acids is 2. The van der Waals surface area contributed by atoms with Gasteiger partial charge in [-0.1, -0.05) is 24.6 Å². The van der Waals surface area contributed by atoms with Gasteiger partial charge in [-0.2, -0.15) is 0 Å². The average Bonchev–Trinajstić information content (AvgIpc) is 3.13. The van der Waals surface area contributed by atoms with Crippen LogP contribution >= 0.6 is 0 Å². The molecule has 0 aliphatic heterocycles. The largest absolute Gasteiger partial charge is 0.462 e. The number of aliphatic hydroxyl groups is 1. The molecule has 0 bridgehead atoms. The number of carbonyl (C=O) groups is 2. The van der Waals surface area contributed by atoms with Gasteiger partial charge in [-0.25, -0.2) is 4.79 Å². The first-order valence-corrected chi connectivity index (χ1v) is 12.6. The number of rotatable bonds is 3. The normalized spacial score (nSPS) is 31.7. The second-order valence-electron chi connectivity index (χ2n) is 10.3. The zero-order valence-corrected chi connectivity index (χ0v) is 20.6. The summed E-state index contributed by atoms with van der Waals surface area (Å²) in [5, 5.41) is 10.9. The number of aliphatic hydroxyl groups excluding tert-OH is 1. The molecule has 4 aliphatic carbocycles. The summed E-state index contributed by atoms with van der Waals surface area (Å²) in [6.45, 7) is 6.12. The molecule has 5 rings (SSSR count).